The Kier molecular flexibility index (Phi) is 3.99. The number of hydrogen-bond donors (Lipinski definition) is 1. The van der Waals surface area contributed by atoms with Gasteiger partial charge in [-0.05, 0) is 19.1 Å². The lowest BCUT2D eigenvalue weighted by Gasteiger charge is -2.13. The molecule has 5 heteroatoms. The highest BCUT2D eigenvalue weighted by Gasteiger charge is 2.13. The van der Waals surface area contributed by atoms with Gasteiger partial charge in [0.25, 0.3) is 0 Å². The van der Waals surface area contributed by atoms with Crippen LogP contribution in [-0.4, -0.2) is 31.4 Å². The van der Waals surface area contributed by atoms with Crippen LogP contribution in [0, 0.1) is 0 Å². The molecule has 16 heavy (non-hydrogen) atoms. The van der Waals surface area contributed by atoms with Crippen molar-refractivity contribution in [3.63, 3.8) is 0 Å². The Labute approximate surface area is 93.6 Å². The number of benzene rings is 1. The van der Waals surface area contributed by atoms with Gasteiger partial charge in [-0.3, -0.25) is 0 Å². The van der Waals surface area contributed by atoms with Crippen molar-refractivity contribution >= 4 is 5.97 Å². The van der Waals surface area contributed by atoms with Gasteiger partial charge in [0.15, 0.2) is 17.6 Å². The molecule has 0 saturated carbocycles. The minimum atomic E-state index is -1.02. The maximum Gasteiger partial charge on any atom is 0.344 e. The summed E-state index contributed by atoms with van der Waals surface area (Å²) in [4.78, 5) is 10.6. The van der Waals surface area contributed by atoms with Gasteiger partial charge < -0.3 is 19.3 Å². The van der Waals surface area contributed by atoms with E-state index in [4.69, 9.17) is 19.3 Å². The van der Waals surface area contributed by atoms with E-state index in [0.29, 0.717) is 17.2 Å². The van der Waals surface area contributed by atoms with Crippen LogP contribution in [0.2, 0.25) is 0 Å². The lowest BCUT2D eigenvalue weighted by Crippen LogP contribution is -2.22. The van der Waals surface area contributed by atoms with Gasteiger partial charge in [0.1, 0.15) is 5.75 Å². The molecule has 88 valence electrons. The largest absolute Gasteiger partial charge is 0.493 e. The van der Waals surface area contributed by atoms with E-state index in [1.165, 1.54) is 21.1 Å². The Morgan fingerprint density at radius 1 is 1.25 bits per heavy atom. The van der Waals surface area contributed by atoms with E-state index in [2.05, 4.69) is 0 Å². The van der Waals surface area contributed by atoms with Crippen LogP contribution in [0.5, 0.6) is 17.2 Å². The predicted octanol–water partition coefficient (Wildman–Crippen LogP) is 1.56. The van der Waals surface area contributed by atoms with Crippen molar-refractivity contribution in [1.29, 1.82) is 0 Å². The second kappa shape index (κ2) is 5.25. The van der Waals surface area contributed by atoms with Crippen molar-refractivity contribution in [1.82, 2.24) is 0 Å². The summed E-state index contributed by atoms with van der Waals surface area (Å²) < 4.78 is 15.3. The Bertz CT molecular complexity index is 375. The van der Waals surface area contributed by atoms with Crippen molar-refractivity contribution in [2.75, 3.05) is 14.2 Å². The van der Waals surface area contributed by atoms with E-state index in [1.54, 1.807) is 18.2 Å². The van der Waals surface area contributed by atoms with E-state index >= 15 is 0 Å². The second-order valence-electron chi connectivity index (χ2n) is 3.12. The second-order valence-corrected chi connectivity index (χ2v) is 3.12. The smallest absolute Gasteiger partial charge is 0.344 e. The van der Waals surface area contributed by atoms with Gasteiger partial charge in [0.2, 0.25) is 0 Å². The van der Waals surface area contributed by atoms with Crippen LogP contribution in [0.1, 0.15) is 6.92 Å². The molecule has 0 saturated heterocycles. The zero-order chi connectivity index (χ0) is 12.1. The van der Waals surface area contributed by atoms with Gasteiger partial charge in [-0.1, -0.05) is 0 Å². The van der Waals surface area contributed by atoms with Crippen molar-refractivity contribution in [3.05, 3.63) is 18.2 Å². The molecule has 1 rings (SSSR count). The molecule has 0 fully saturated rings. The number of carboxylic acid groups (broad SMARTS) is 1. The molecule has 1 N–H and O–H groups in total. The minimum Gasteiger partial charge on any atom is -0.493 e. The van der Waals surface area contributed by atoms with Crippen LogP contribution in [0.3, 0.4) is 0 Å². The quantitative estimate of drug-likeness (QED) is 0.825. The summed E-state index contributed by atoms with van der Waals surface area (Å²) in [7, 11) is 3.03. The maximum absolute atomic E-state index is 10.6. The first-order valence-corrected chi connectivity index (χ1v) is 4.70. The van der Waals surface area contributed by atoms with Crippen LogP contribution in [0.15, 0.2) is 18.2 Å². The molecule has 0 aliphatic carbocycles. The topological polar surface area (TPSA) is 65.0 Å². The first-order valence-electron chi connectivity index (χ1n) is 4.70. The molecule has 0 aliphatic rings. The molecular weight excluding hydrogens is 212 g/mol. The lowest BCUT2D eigenvalue weighted by molar-refractivity contribution is -0.144. The fourth-order valence-corrected chi connectivity index (χ4v) is 1.14. The van der Waals surface area contributed by atoms with E-state index in [0.717, 1.165) is 0 Å². The third-order valence-corrected chi connectivity index (χ3v) is 2.02. The molecule has 1 aromatic rings. The molecule has 1 unspecified atom stereocenters. The molecule has 1 aromatic carbocycles. The summed E-state index contributed by atoms with van der Waals surface area (Å²) in [5.74, 6) is 0.470. The molecule has 1 atom stereocenters. The number of carbonyl (C=O) groups is 1. The minimum absolute atomic E-state index is 0.424. The van der Waals surface area contributed by atoms with Crippen molar-refractivity contribution in [3.8, 4) is 17.2 Å². The molecule has 5 nitrogen and oxygen atoms in total. The van der Waals surface area contributed by atoms with E-state index in [-0.39, 0.29) is 0 Å². The number of hydrogen-bond acceptors (Lipinski definition) is 4. The van der Waals surface area contributed by atoms with E-state index in [1.807, 2.05) is 0 Å². The molecule has 0 spiro atoms. The number of rotatable bonds is 5. The first kappa shape index (κ1) is 12.2. The zero-order valence-electron chi connectivity index (χ0n) is 9.39. The number of aliphatic carboxylic acids is 1. The Morgan fingerprint density at radius 2 is 1.88 bits per heavy atom. The van der Waals surface area contributed by atoms with Gasteiger partial charge in [-0.15, -0.1) is 0 Å². The normalized spacial score (nSPS) is 11.7. The maximum atomic E-state index is 10.6. The molecular formula is C11H14O5. The highest BCUT2D eigenvalue weighted by molar-refractivity contribution is 5.72. The van der Waals surface area contributed by atoms with E-state index in [9.17, 15) is 4.79 Å². The average molecular weight is 226 g/mol. The fraction of sp³-hybridized carbons (Fsp3) is 0.364. The van der Waals surface area contributed by atoms with Crippen LogP contribution in [-0.2, 0) is 4.79 Å². The molecule has 0 bridgehead atoms. The number of carboxylic acids is 1. The van der Waals surface area contributed by atoms with Gasteiger partial charge >= 0.3 is 5.97 Å². The Hall–Kier alpha value is -1.91. The predicted molar refractivity (Wildman–Crippen MR) is 57.3 cm³/mol. The summed E-state index contributed by atoms with van der Waals surface area (Å²) in [5.41, 5.74) is 0. The zero-order valence-corrected chi connectivity index (χ0v) is 9.39. The van der Waals surface area contributed by atoms with Crippen LogP contribution >= 0.6 is 0 Å². The van der Waals surface area contributed by atoms with Crippen LogP contribution in [0.25, 0.3) is 0 Å². The third kappa shape index (κ3) is 2.79. The lowest BCUT2D eigenvalue weighted by atomic mass is 10.3. The molecule has 0 radical (unpaired) electrons. The SMILES string of the molecule is COc1ccc(OC(C)C(=O)O)cc1OC. The molecule has 0 aliphatic heterocycles. The highest BCUT2D eigenvalue weighted by Crippen LogP contribution is 2.31. The van der Waals surface area contributed by atoms with Crippen molar-refractivity contribution in [2.24, 2.45) is 0 Å². The van der Waals surface area contributed by atoms with Gasteiger partial charge in [0.05, 0.1) is 14.2 Å². The first-order chi connectivity index (χ1) is 7.58. The van der Waals surface area contributed by atoms with Crippen LogP contribution < -0.4 is 14.2 Å². The summed E-state index contributed by atoms with van der Waals surface area (Å²) in [6.07, 6.45) is -0.905. The van der Waals surface area contributed by atoms with Crippen LogP contribution in [0.4, 0.5) is 0 Å². The Balaban J connectivity index is 2.86. The summed E-state index contributed by atoms with van der Waals surface area (Å²) in [6.45, 7) is 1.46. The summed E-state index contributed by atoms with van der Waals surface area (Å²) in [5, 5.41) is 8.69. The summed E-state index contributed by atoms with van der Waals surface area (Å²) in [6, 6.07) is 4.86. The van der Waals surface area contributed by atoms with Gasteiger partial charge in [-0.2, -0.15) is 0 Å². The van der Waals surface area contributed by atoms with Crippen molar-refractivity contribution < 1.29 is 24.1 Å². The average Bonchev–Trinajstić information content (AvgIpc) is 2.28. The Morgan fingerprint density at radius 3 is 2.38 bits per heavy atom. The number of methoxy groups -OCH3 is 2. The molecule has 0 heterocycles. The summed E-state index contributed by atoms with van der Waals surface area (Å²) >= 11 is 0. The highest BCUT2D eigenvalue weighted by atomic mass is 16.5. The third-order valence-electron chi connectivity index (χ3n) is 2.02. The monoisotopic (exact) mass is 226 g/mol. The number of ether oxygens (including phenoxy) is 3. The fourth-order valence-electron chi connectivity index (χ4n) is 1.14. The molecule has 0 amide bonds. The standard InChI is InChI=1S/C11H14O5/c1-7(11(12)13)16-8-4-5-9(14-2)10(6-8)15-3/h4-7H,1-3H3,(H,12,13). The van der Waals surface area contributed by atoms with Crippen molar-refractivity contribution in [2.45, 2.75) is 13.0 Å². The van der Waals surface area contributed by atoms with E-state index < -0.39 is 12.1 Å². The van der Waals surface area contributed by atoms with Gasteiger partial charge in [0, 0.05) is 6.07 Å². The molecule has 0 aromatic heterocycles. The van der Waals surface area contributed by atoms with Gasteiger partial charge in [-0.25, -0.2) is 4.79 Å².